The lowest BCUT2D eigenvalue weighted by Crippen LogP contribution is -2.49. The van der Waals surface area contributed by atoms with Crippen molar-refractivity contribution in [1.82, 2.24) is 30.3 Å². The molecule has 1 fully saturated rings. The first kappa shape index (κ1) is 24.8. The second-order valence-electron chi connectivity index (χ2n) is 8.91. The zero-order chi connectivity index (χ0) is 25.7. The minimum absolute atomic E-state index is 0.0170. The maximum atomic E-state index is 15.0. The van der Waals surface area contributed by atoms with Crippen LogP contribution < -0.4 is 16.0 Å². The topological polar surface area (TPSA) is 154 Å². The molecule has 0 saturated heterocycles. The van der Waals surface area contributed by atoms with E-state index in [1.807, 2.05) is 13.0 Å². The van der Waals surface area contributed by atoms with E-state index in [0.717, 1.165) is 38.2 Å². The summed E-state index contributed by atoms with van der Waals surface area (Å²) in [5, 5.41) is 35.8. The van der Waals surface area contributed by atoms with Gasteiger partial charge in [0, 0.05) is 6.04 Å². The molecule has 0 unspecified atom stereocenters. The summed E-state index contributed by atoms with van der Waals surface area (Å²) >= 11 is 0. The SMILES string of the molecule is Cc1ncc(Nc2nc(N[C@H](C3CCCCC3)[C@H](C)NC(=O)O)c(F)cc2C#N)cc1-n1nccn1. The number of hydrogen-bond donors (Lipinski definition) is 4. The van der Waals surface area contributed by atoms with E-state index in [-0.39, 0.29) is 29.2 Å². The first-order chi connectivity index (χ1) is 17.4. The van der Waals surface area contributed by atoms with Crippen LogP contribution >= 0.6 is 0 Å². The summed E-state index contributed by atoms with van der Waals surface area (Å²) in [6.07, 6.45) is 8.55. The van der Waals surface area contributed by atoms with Crippen molar-refractivity contribution in [2.75, 3.05) is 10.6 Å². The summed E-state index contributed by atoms with van der Waals surface area (Å²) < 4.78 is 15.0. The molecule has 36 heavy (non-hydrogen) atoms. The van der Waals surface area contributed by atoms with E-state index in [0.29, 0.717) is 17.1 Å². The molecule has 3 aromatic heterocycles. The lowest BCUT2D eigenvalue weighted by molar-refractivity contribution is 0.184. The molecule has 4 N–H and O–H groups in total. The Morgan fingerprint density at radius 2 is 1.94 bits per heavy atom. The highest BCUT2D eigenvalue weighted by molar-refractivity contribution is 5.67. The van der Waals surface area contributed by atoms with Gasteiger partial charge in [0.2, 0.25) is 0 Å². The minimum Gasteiger partial charge on any atom is -0.465 e. The third-order valence-corrected chi connectivity index (χ3v) is 6.40. The first-order valence-electron chi connectivity index (χ1n) is 11.8. The zero-order valence-electron chi connectivity index (χ0n) is 20.1. The van der Waals surface area contributed by atoms with Crippen LogP contribution in [0.1, 0.15) is 50.3 Å². The average Bonchev–Trinajstić information content (AvgIpc) is 3.40. The zero-order valence-corrected chi connectivity index (χ0v) is 20.1. The molecule has 12 heteroatoms. The number of nitrogens with one attached hydrogen (secondary N) is 3. The summed E-state index contributed by atoms with van der Waals surface area (Å²) in [6, 6.07) is 3.98. The van der Waals surface area contributed by atoms with Crippen molar-refractivity contribution in [2.45, 2.75) is 58.0 Å². The Labute approximate surface area is 207 Å². The second-order valence-corrected chi connectivity index (χ2v) is 8.91. The van der Waals surface area contributed by atoms with E-state index in [1.54, 1.807) is 31.6 Å². The van der Waals surface area contributed by atoms with Crippen molar-refractivity contribution >= 4 is 23.4 Å². The van der Waals surface area contributed by atoms with Crippen LogP contribution in [0.2, 0.25) is 0 Å². The second kappa shape index (κ2) is 11.0. The Balaban J connectivity index is 1.64. The molecular weight excluding hydrogens is 465 g/mol. The molecule has 4 rings (SSSR count). The quantitative estimate of drug-likeness (QED) is 0.362. The van der Waals surface area contributed by atoms with Gasteiger partial charge < -0.3 is 21.1 Å². The van der Waals surface area contributed by atoms with Crippen LogP contribution in [0.15, 0.2) is 30.7 Å². The third-order valence-electron chi connectivity index (χ3n) is 6.40. The molecule has 11 nitrogen and oxygen atoms in total. The Hall–Kier alpha value is -4.27. The number of aryl methyl sites for hydroxylation is 1. The predicted molar refractivity (Wildman–Crippen MR) is 131 cm³/mol. The van der Waals surface area contributed by atoms with Crippen LogP contribution in [-0.4, -0.2) is 48.2 Å². The molecule has 0 bridgehead atoms. The fourth-order valence-corrected chi connectivity index (χ4v) is 4.63. The van der Waals surface area contributed by atoms with E-state index in [2.05, 4.69) is 36.1 Å². The van der Waals surface area contributed by atoms with Gasteiger partial charge in [-0.1, -0.05) is 19.3 Å². The van der Waals surface area contributed by atoms with E-state index in [9.17, 15) is 15.2 Å². The van der Waals surface area contributed by atoms with Crippen LogP contribution in [-0.2, 0) is 0 Å². The molecule has 1 aliphatic rings. The van der Waals surface area contributed by atoms with Gasteiger partial charge in [-0.25, -0.2) is 14.2 Å². The molecule has 3 heterocycles. The summed E-state index contributed by atoms with van der Waals surface area (Å²) in [6.45, 7) is 3.57. The number of pyridine rings is 2. The largest absolute Gasteiger partial charge is 0.465 e. The molecule has 2 atom stereocenters. The molecule has 3 aromatic rings. The van der Waals surface area contributed by atoms with Crippen LogP contribution in [0.3, 0.4) is 0 Å². The smallest absolute Gasteiger partial charge is 0.404 e. The molecule has 0 aliphatic heterocycles. The normalized spacial score (nSPS) is 15.5. The minimum atomic E-state index is -1.14. The maximum Gasteiger partial charge on any atom is 0.404 e. The Bertz CT molecular complexity index is 1250. The molecule has 0 aromatic carbocycles. The van der Waals surface area contributed by atoms with Crippen molar-refractivity contribution < 1.29 is 14.3 Å². The van der Waals surface area contributed by atoms with E-state index in [1.165, 1.54) is 4.80 Å². The van der Waals surface area contributed by atoms with E-state index >= 15 is 4.39 Å². The standard InChI is InChI=1S/C24H28FN9O2/c1-14-20(34-28-8-9-29-34)11-18(13-27-14)31-22-17(12-26)10-19(25)23(33-22)32-21(15(2)30-24(35)36)16-6-4-3-5-7-16/h8-11,13,15-16,21,30H,3-7H2,1-2H3,(H,35,36)(H2,31,32,33)/t15-,21-/m0/s1. The fraction of sp³-hybridized carbons (Fsp3) is 0.417. The van der Waals surface area contributed by atoms with Crippen molar-refractivity contribution in [3.8, 4) is 11.8 Å². The van der Waals surface area contributed by atoms with Gasteiger partial charge in [0.1, 0.15) is 11.8 Å². The molecule has 1 saturated carbocycles. The van der Waals surface area contributed by atoms with Gasteiger partial charge in [-0.3, -0.25) is 4.98 Å². The molecule has 1 amide bonds. The van der Waals surface area contributed by atoms with Crippen molar-refractivity contribution in [1.29, 1.82) is 5.26 Å². The van der Waals surface area contributed by atoms with E-state index < -0.39 is 18.0 Å². The molecule has 0 spiro atoms. The summed E-state index contributed by atoms with van der Waals surface area (Å²) in [5.41, 5.74) is 1.86. The van der Waals surface area contributed by atoms with Gasteiger partial charge in [-0.2, -0.15) is 15.5 Å². The highest BCUT2D eigenvalue weighted by atomic mass is 19.1. The number of nitriles is 1. The number of halogens is 1. The van der Waals surface area contributed by atoms with Crippen LogP contribution in [0.25, 0.3) is 5.69 Å². The molecular formula is C24H28FN9O2. The number of hydrogen-bond acceptors (Lipinski definition) is 8. The monoisotopic (exact) mass is 493 g/mol. The predicted octanol–water partition coefficient (Wildman–Crippen LogP) is 4.14. The number of amides is 1. The third kappa shape index (κ3) is 5.68. The summed E-state index contributed by atoms with van der Waals surface area (Å²) in [4.78, 5) is 21.5. The molecule has 0 radical (unpaired) electrons. The summed E-state index contributed by atoms with van der Waals surface area (Å²) in [5.74, 6) is -0.448. The molecule has 188 valence electrons. The lowest BCUT2D eigenvalue weighted by atomic mass is 9.81. The van der Waals surface area contributed by atoms with Gasteiger partial charge in [-0.15, -0.1) is 4.80 Å². The fourth-order valence-electron chi connectivity index (χ4n) is 4.63. The lowest BCUT2D eigenvalue weighted by Gasteiger charge is -2.35. The number of anilines is 3. The van der Waals surface area contributed by atoms with Gasteiger partial charge in [0.05, 0.1) is 41.6 Å². The summed E-state index contributed by atoms with van der Waals surface area (Å²) in [7, 11) is 0. The highest BCUT2D eigenvalue weighted by Crippen LogP contribution is 2.31. The van der Waals surface area contributed by atoms with Crippen LogP contribution in [0.4, 0.5) is 26.5 Å². The Morgan fingerprint density at radius 1 is 1.22 bits per heavy atom. The van der Waals surface area contributed by atoms with Gasteiger partial charge in [0.15, 0.2) is 17.5 Å². The van der Waals surface area contributed by atoms with Crippen LogP contribution in [0, 0.1) is 30.0 Å². The van der Waals surface area contributed by atoms with Gasteiger partial charge in [-0.05, 0) is 44.7 Å². The van der Waals surface area contributed by atoms with Crippen molar-refractivity contribution in [3.05, 3.63) is 47.8 Å². The number of carbonyl (C=O) groups is 1. The Morgan fingerprint density at radius 3 is 2.61 bits per heavy atom. The van der Waals surface area contributed by atoms with Gasteiger partial charge in [0.25, 0.3) is 0 Å². The number of aromatic nitrogens is 5. The number of rotatable bonds is 8. The van der Waals surface area contributed by atoms with Gasteiger partial charge >= 0.3 is 6.09 Å². The highest BCUT2D eigenvalue weighted by Gasteiger charge is 2.30. The van der Waals surface area contributed by atoms with Crippen LogP contribution in [0.5, 0.6) is 0 Å². The van der Waals surface area contributed by atoms with E-state index in [4.69, 9.17) is 0 Å². The molecule has 1 aliphatic carbocycles. The Kier molecular flexibility index (Phi) is 7.58. The number of nitrogens with zero attached hydrogens (tertiary/aromatic N) is 6. The number of carboxylic acid groups (broad SMARTS) is 1. The first-order valence-corrected chi connectivity index (χ1v) is 11.8. The van der Waals surface area contributed by atoms with Crippen molar-refractivity contribution in [3.63, 3.8) is 0 Å². The van der Waals surface area contributed by atoms with Crippen molar-refractivity contribution in [2.24, 2.45) is 5.92 Å². The average molecular weight is 494 g/mol. The maximum absolute atomic E-state index is 15.0.